The van der Waals surface area contributed by atoms with Gasteiger partial charge in [-0.05, 0) is 80.2 Å². The number of hydrogen-bond donors (Lipinski definition) is 1. The molecule has 2 amide bonds. The number of anilines is 2. The topological polar surface area (TPSA) is 86.8 Å². The maximum atomic E-state index is 13.2. The smallest absolute Gasteiger partial charge is 0.227 e. The molecule has 0 aliphatic carbocycles. The van der Waals surface area contributed by atoms with Gasteiger partial charge in [-0.25, -0.2) is 8.42 Å². The lowest BCUT2D eigenvalue weighted by atomic mass is 9.93. The largest absolute Gasteiger partial charge is 0.326 e. The van der Waals surface area contributed by atoms with Crippen LogP contribution in [0.25, 0.3) is 0 Å². The average molecular weight is 548 g/mol. The summed E-state index contributed by atoms with van der Waals surface area (Å²) in [7, 11) is -3.26. The third-order valence-electron chi connectivity index (χ3n) is 7.23. The molecule has 1 heterocycles. The predicted molar refractivity (Wildman–Crippen MR) is 156 cm³/mol. The minimum Gasteiger partial charge on any atom is -0.326 e. The van der Waals surface area contributed by atoms with Crippen molar-refractivity contribution in [2.75, 3.05) is 42.7 Å². The molecule has 1 aliphatic heterocycles. The fourth-order valence-corrected chi connectivity index (χ4v) is 5.58. The van der Waals surface area contributed by atoms with Gasteiger partial charge in [-0.15, -0.1) is 0 Å². The molecule has 206 valence electrons. The molecule has 7 nitrogen and oxygen atoms in total. The van der Waals surface area contributed by atoms with Gasteiger partial charge in [0.15, 0.2) is 9.84 Å². The van der Waals surface area contributed by atoms with Gasteiger partial charge in [-0.2, -0.15) is 0 Å². The second kappa shape index (κ2) is 13.5. The maximum absolute atomic E-state index is 13.2. The Kier molecular flexibility index (Phi) is 9.90. The number of para-hydroxylation sites is 1. The zero-order valence-electron chi connectivity index (χ0n) is 22.5. The van der Waals surface area contributed by atoms with Crippen LogP contribution >= 0.6 is 0 Å². The minimum absolute atomic E-state index is 0.0557. The third kappa shape index (κ3) is 8.76. The molecule has 3 aromatic carbocycles. The molecule has 3 aromatic rings. The Morgan fingerprint density at radius 3 is 2.13 bits per heavy atom. The standard InChI is InChI=1S/C31H37N3O4S/c1-39(37,38)29-15-13-27(14-16-29)32-30(35)24-26-18-20-33(21-19-26)22-23-34(28-10-6-3-7-11-28)31(36)17-12-25-8-4-2-5-9-25/h2-11,13-16,26H,12,17-24H2,1H3,(H,32,35). The zero-order chi connectivity index (χ0) is 27.7. The van der Waals surface area contributed by atoms with E-state index in [1.165, 1.54) is 12.1 Å². The van der Waals surface area contributed by atoms with E-state index in [9.17, 15) is 18.0 Å². The number of hydrogen-bond acceptors (Lipinski definition) is 5. The highest BCUT2D eigenvalue weighted by Gasteiger charge is 2.23. The van der Waals surface area contributed by atoms with E-state index in [1.54, 1.807) is 12.1 Å². The number of likely N-dealkylation sites (tertiary alicyclic amines) is 1. The fraction of sp³-hybridized carbons (Fsp3) is 0.355. The van der Waals surface area contributed by atoms with Gasteiger partial charge in [0.25, 0.3) is 0 Å². The minimum atomic E-state index is -3.26. The molecule has 0 bridgehead atoms. The Hall–Kier alpha value is -3.49. The van der Waals surface area contributed by atoms with Crippen LogP contribution in [-0.2, 0) is 25.8 Å². The van der Waals surface area contributed by atoms with Crippen LogP contribution in [-0.4, -0.2) is 57.6 Å². The first-order chi connectivity index (χ1) is 18.8. The van der Waals surface area contributed by atoms with Crippen LogP contribution in [0.2, 0.25) is 0 Å². The highest BCUT2D eigenvalue weighted by Crippen LogP contribution is 2.23. The van der Waals surface area contributed by atoms with Gasteiger partial charge in [0.2, 0.25) is 11.8 Å². The molecule has 1 N–H and O–H groups in total. The monoisotopic (exact) mass is 547 g/mol. The molecule has 4 rings (SSSR count). The van der Waals surface area contributed by atoms with Crippen LogP contribution in [0.1, 0.15) is 31.2 Å². The Morgan fingerprint density at radius 1 is 0.897 bits per heavy atom. The van der Waals surface area contributed by atoms with Crippen molar-refractivity contribution in [2.45, 2.75) is 37.0 Å². The number of nitrogens with zero attached hydrogens (tertiary/aromatic N) is 2. The second-order valence-electron chi connectivity index (χ2n) is 10.2. The van der Waals surface area contributed by atoms with Gasteiger partial charge in [0.05, 0.1) is 4.90 Å². The fourth-order valence-electron chi connectivity index (χ4n) is 4.95. The number of rotatable bonds is 11. The molecule has 0 aromatic heterocycles. The number of nitrogens with one attached hydrogen (secondary N) is 1. The zero-order valence-corrected chi connectivity index (χ0v) is 23.3. The van der Waals surface area contributed by atoms with E-state index in [4.69, 9.17) is 0 Å². The Bertz CT molecular complexity index is 1320. The predicted octanol–water partition coefficient (Wildman–Crippen LogP) is 4.80. The summed E-state index contributed by atoms with van der Waals surface area (Å²) >= 11 is 0. The lowest BCUT2D eigenvalue weighted by molar-refractivity contribution is -0.119. The number of carbonyl (C=O) groups is 2. The maximum Gasteiger partial charge on any atom is 0.227 e. The second-order valence-corrected chi connectivity index (χ2v) is 12.2. The van der Waals surface area contributed by atoms with Gasteiger partial charge >= 0.3 is 0 Å². The van der Waals surface area contributed by atoms with Gasteiger partial charge in [0.1, 0.15) is 0 Å². The van der Waals surface area contributed by atoms with E-state index in [2.05, 4.69) is 22.3 Å². The van der Waals surface area contributed by atoms with E-state index in [0.717, 1.165) is 56.4 Å². The van der Waals surface area contributed by atoms with Crippen LogP contribution in [0, 0.1) is 5.92 Å². The average Bonchev–Trinajstić information content (AvgIpc) is 2.94. The number of piperidine rings is 1. The summed E-state index contributed by atoms with van der Waals surface area (Å²) in [5.41, 5.74) is 2.69. The van der Waals surface area contributed by atoms with Crippen molar-refractivity contribution >= 4 is 33.0 Å². The molecule has 1 fully saturated rings. The van der Waals surface area contributed by atoms with Crippen LogP contribution in [0.3, 0.4) is 0 Å². The van der Waals surface area contributed by atoms with Crippen molar-refractivity contribution in [1.82, 2.24) is 4.90 Å². The van der Waals surface area contributed by atoms with E-state index >= 15 is 0 Å². The molecule has 0 radical (unpaired) electrons. The number of benzene rings is 3. The molecular formula is C31H37N3O4S. The summed E-state index contributed by atoms with van der Waals surface area (Å²) in [5.74, 6) is 0.371. The van der Waals surface area contributed by atoms with E-state index in [-0.39, 0.29) is 16.7 Å². The Labute approximate surface area is 231 Å². The number of amides is 2. The quantitative estimate of drug-likeness (QED) is 0.373. The number of aryl methyl sites for hydroxylation is 1. The molecule has 1 aliphatic rings. The summed E-state index contributed by atoms with van der Waals surface area (Å²) in [4.78, 5) is 30.3. The van der Waals surface area contributed by atoms with Gasteiger partial charge in [-0.3, -0.25) is 9.59 Å². The Morgan fingerprint density at radius 2 is 1.51 bits per heavy atom. The summed E-state index contributed by atoms with van der Waals surface area (Å²) in [6, 6.07) is 26.2. The third-order valence-corrected chi connectivity index (χ3v) is 8.36. The number of sulfone groups is 1. The van der Waals surface area contributed by atoms with Gasteiger partial charge in [-0.1, -0.05) is 48.5 Å². The first kappa shape index (κ1) is 28.5. The molecule has 8 heteroatoms. The van der Waals surface area contributed by atoms with Crippen molar-refractivity contribution < 1.29 is 18.0 Å². The summed E-state index contributed by atoms with van der Waals surface area (Å²) < 4.78 is 23.2. The molecule has 0 atom stereocenters. The first-order valence-electron chi connectivity index (χ1n) is 13.5. The highest BCUT2D eigenvalue weighted by atomic mass is 32.2. The summed E-state index contributed by atoms with van der Waals surface area (Å²) in [6.07, 6.45) is 4.64. The lowest BCUT2D eigenvalue weighted by Gasteiger charge is -2.33. The van der Waals surface area contributed by atoms with Crippen LogP contribution in [0.15, 0.2) is 89.8 Å². The van der Waals surface area contributed by atoms with E-state index in [1.807, 2.05) is 53.4 Å². The number of carbonyl (C=O) groups excluding carboxylic acids is 2. The van der Waals surface area contributed by atoms with Crippen molar-refractivity contribution in [1.29, 1.82) is 0 Å². The highest BCUT2D eigenvalue weighted by molar-refractivity contribution is 7.90. The molecule has 1 saturated heterocycles. The van der Waals surface area contributed by atoms with Crippen molar-refractivity contribution in [3.63, 3.8) is 0 Å². The summed E-state index contributed by atoms with van der Waals surface area (Å²) in [6.45, 7) is 3.20. The van der Waals surface area contributed by atoms with Crippen molar-refractivity contribution in [2.24, 2.45) is 5.92 Å². The SMILES string of the molecule is CS(=O)(=O)c1ccc(NC(=O)CC2CCN(CCN(C(=O)CCc3ccccc3)c3ccccc3)CC2)cc1. The van der Waals surface area contributed by atoms with Crippen LogP contribution in [0.5, 0.6) is 0 Å². The van der Waals surface area contributed by atoms with Gasteiger partial charge < -0.3 is 15.1 Å². The molecule has 0 unspecified atom stereocenters. The van der Waals surface area contributed by atoms with Crippen molar-refractivity contribution in [3.8, 4) is 0 Å². The van der Waals surface area contributed by atoms with Gasteiger partial charge in [0, 0.05) is 43.6 Å². The normalized spacial score (nSPS) is 14.6. The molecular weight excluding hydrogens is 510 g/mol. The van der Waals surface area contributed by atoms with Crippen molar-refractivity contribution in [3.05, 3.63) is 90.5 Å². The lowest BCUT2D eigenvalue weighted by Crippen LogP contribution is -2.42. The van der Waals surface area contributed by atoms with Crippen LogP contribution < -0.4 is 10.2 Å². The Balaban J connectivity index is 1.24. The molecule has 39 heavy (non-hydrogen) atoms. The summed E-state index contributed by atoms with van der Waals surface area (Å²) in [5, 5.41) is 2.88. The first-order valence-corrected chi connectivity index (χ1v) is 15.4. The molecule has 0 spiro atoms. The molecule has 0 saturated carbocycles. The van der Waals surface area contributed by atoms with E-state index in [0.29, 0.717) is 31.0 Å². The van der Waals surface area contributed by atoms with Crippen LogP contribution in [0.4, 0.5) is 11.4 Å². The van der Waals surface area contributed by atoms with E-state index < -0.39 is 9.84 Å².